The van der Waals surface area contributed by atoms with Crippen LogP contribution in [0.15, 0.2) is 0 Å². The fraction of sp³-hybridized carbons (Fsp3) is 1.00. The lowest BCUT2D eigenvalue weighted by atomic mass is 10.4. The van der Waals surface area contributed by atoms with Gasteiger partial charge in [0.15, 0.2) is 6.29 Å². The highest BCUT2D eigenvalue weighted by Gasteiger charge is 2.03. The molecule has 0 aromatic rings. The van der Waals surface area contributed by atoms with E-state index >= 15 is 0 Å². The van der Waals surface area contributed by atoms with Gasteiger partial charge in [-0.25, -0.2) is 0 Å². The molecule has 0 rings (SSSR count). The van der Waals surface area contributed by atoms with Crippen molar-refractivity contribution in [3.8, 4) is 0 Å². The molecule has 3 heteroatoms. The molecule has 12 heavy (non-hydrogen) atoms. The van der Waals surface area contributed by atoms with Gasteiger partial charge in [-0.15, -0.1) is 0 Å². The number of aliphatic hydroxyl groups excluding tert-OH is 1. The smallest absolute Gasteiger partial charge is 0.154 e. The summed E-state index contributed by atoms with van der Waals surface area (Å²) in [5.74, 6) is 0. The second-order valence-electron chi connectivity index (χ2n) is 2.97. The Kier molecular flexibility index (Phi) is 7.45. The molecule has 0 radical (unpaired) electrons. The molecule has 74 valence electrons. The monoisotopic (exact) mass is 176 g/mol. The van der Waals surface area contributed by atoms with Crippen LogP contribution in [0, 0.1) is 0 Å². The molecule has 0 aromatic carbocycles. The van der Waals surface area contributed by atoms with Crippen molar-refractivity contribution in [3.05, 3.63) is 0 Å². The van der Waals surface area contributed by atoms with Gasteiger partial charge in [-0.3, -0.25) is 0 Å². The summed E-state index contributed by atoms with van der Waals surface area (Å²) in [7, 11) is 0. The van der Waals surface area contributed by atoms with Crippen LogP contribution in [0.3, 0.4) is 0 Å². The van der Waals surface area contributed by atoms with Crippen LogP contribution in [0.25, 0.3) is 0 Å². The summed E-state index contributed by atoms with van der Waals surface area (Å²) in [5.41, 5.74) is 0. The van der Waals surface area contributed by atoms with Gasteiger partial charge in [-0.2, -0.15) is 0 Å². The quantitative estimate of drug-likeness (QED) is 0.472. The van der Waals surface area contributed by atoms with E-state index in [0.717, 1.165) is 19.4 Å². The van der Waals surface area contributed by atoms with E-state index in [1.165, 1.54) is 0 Å². The summed E-state index contributed by atoms with van der Waals surface area (Å²) in [6.07, 6.45) is 1.57. The lowest BCUT2D eigenvalue weighted by Crippen LogP contribution is -2.19. The molecule has 0 saturated heterocycles. The number of aliphatic hydroxyl groups is 1. The minimum Gasteiger partial charge on any atom is -0.391 e. The third kappa shape index (κ3) is 7.98. The highest BCUT2D eigenvalue weighted by atomic mass is 16.7. The third-order valence-electron chi connectivity index (χ3n) is 1.42. The molecule has 2 atom stereocenters. The largest absolute Gasteiger partial charge is 0.391 e. The minimum absolute atomic E-state index is 0.203. The van der Waals surface area contributed by atoms with Crippen LogP contribution in [0.2, 0.25) is 0 Å². The van der Waals surface area contributed by atoms with E-state index in [1.54, 1.807) is 6.92 Å². The second-order valence-corrected chi connectivity index (χ2v) is 2.97. The van der Waals surface area contributed by atoms with Crippen molar-refractivity contribution in [2.75, 3.05) is 13.2 Å². The van der Waals surface area contributed by atoms with Gasteiger partial charge in [-0.05, 0) is 20.3 Å². The molecular formula is C9H20O3. The van der Waals surface area contributed by atoms with Gasteiger partial charge >= 0.3 is 0 Å². The first kappa shape index (κ1) is 11.9. The maximum absolute atomic E-state index is 8.89. The summed E-state index contributed by atoms with van der Waals surface area (Å²) in [6.45, 7) is 6.73. The Balaban J connectivity index is 3.15. The van der Waals surface area contributed by atoms with Crippen molar-refractivity contribution in [1.29, 1.82) is 0 Å². The molecular weight excluding hydrogens is 156 g/mol. The number of ether oxygens (including phenoxy) is 2. The molecule has 3 nitrogen and oxygen atoms in total. The summed E-state index contributed by atoms with van der Waals surface area (Å²) in [5, 5.41) is 8.89. The van der Waals surface area contributed by atoms with Crippen molar-refractivity contribution in [1.82, 2.24) is 0 Å². The zero-order chi connectivity index (χ0) is 9.40. The SMILES string of the molecule is CCCCO[C@H](C)OC[C@H](C)O. The van der Waals surface area contributed by atoms with Crippen LogP contribution in [-0.2, 0) is 9.47 Å². The van der Waals surface area contributed by atoms with E-state index in [1.807, 2.05) is 6.92 Å². The molecule has 1 N–H and O–H groups in total. The molecule has 0 unspecified atom stereocenters. The number of unbranched alkanes of at least 4 members (excludes halogenated alkanes) is 1. The summed E-state index contributed by atoms with van der Waals surface area (Å²) >= 11 is 0. The molecule has 0 saturated carbocycles. The van der Waals surface area contributed by atoms with E-state index in [9.17, 15) is 0 Å². The van der Waals surface area contributed by atoms with Gasteiger partial charge in [0.2, 0.25) is 0 Å². The molecule has 0 bridgehead atoms. The maximum atomic E-state index is 8.89. The zero-order valence-corrected chi connectivity index (χ0v) is 8.25. The highest BCUT2D eigenvalue weighted by Crippen LogP contribution is 1.97. The van der Waals surface area contributed by atoms with Crippen molar-refractivity contribution >= 4 is 0 Å². The van der Waals surface area contributed by atoms with Gasteiger partial charge in [0, 0.05) is 6.61 Å². The Morgan fingerprint density at radius 1 is 1.25 bits per heavy atom. The summed E-state index contributed by atoms with van der Waals surface area (Å²) in [4.78, 5) is 0. The number of hydrogen-bond donors (Lipinski definition) is 1. The third-order valence-corrected chi connectivity index (χ3v) is 1.42. The Hall–Kier alpha value is -0.120. The van der Waals surface area contributed by atoms with E-state index in [0.29, 0.717) is 6.61 Å². The van der Waals surface area contributed by atoms with E-state index in [4.69, 9.17) is 14.6 Å². The van der Waals surface area contributed by atoms with Crippen molar-refractivity contribution in [2.24, 2.45) is 0 Å². The molecule has 0 fully saturated rings. The van der Waals surface area contributed by atoms with Crippen LogP contribution in [0.1, 0.15) is 33.6 Å². The molecule has 0 aliphatic heterocycles. The van der Waals surface area contributed by atoms with Gasteiger partial charge in [0.05, 0.1) is 12.7 Å². The van der Waals surface area contributed by atoms with Crippen molar-refractivity contribution in [3.63, 3.8) is 0 Å². The first-order chi connectivity index (χ1) is 5.66. The predicted octanol–water partition coefficient (Wildman–Crippen LogP) is 1.55. The normalized spacial score (nSPS) is 16.0. The Morgan fingerprint density at radius 3 is 2.42 bits per heavy atom. The second kappa shape index (κ2) is 7.53. The maximum Gasteiger partial charge on any atom is 0.154 e. The highest BCUT2D eigenvalue weighted by molar-refractivity contribution is 4.42. The Morgan fingerprint density at radius 2 is 1.92 bits per heavy atom. The average molecular weight is 176 g/mol. The van der Waals surface area contributed by atoms with Gasteiger partial charge in [0.25, 0.3) is 0 Å². The fourth-order valence-electron chi connectivity index (χ4n) is 0.717. The first-order valence-corrected chi connectivity index (χ1v) is 4.58. The fourth-order valence-corrected chi connectivity index (χ4v) is 0.717. The van der Waals surface area contributed by atoms with Crippen LogP contribution < -0.4 is 0 Å². The van der Waals surface area contributed by atoms with Crippen molar-refractivity contribution < 1.29 is 14.6 Å². The average Bonchev–Trinajstić information content (AvgIpc) is 2.01. The molecule has 0 amide bonds. The Bertz CT molecular complexity index is 93.8. The van der Waals surface area contributed by atoms with Crippen LogP contribution in [-0.4, -0.2) is 30.7 Å². The lowest BCUT2D eigenvalue weighted by molar-refractivity contribution is -0.145. The van der Waals surface area contributed by atoms with Crippen LogP contribution in [0.5, 0.6) is 0 Å². The standard InChI is InChI=1S/C9H20O3/c1-4-5-6-11-9(3)12-7-8(2)10/h8-10H,4-7H2,1-3H3/t8-,9-/m0/s1. The number of rotatable bonds is 7. The van der Waals surface area contributed by atoms with Gasteiger partial charge < -0.3 is 14.6 Å². The topological polar surface area (TPSA) is 38.7 Å². The van der Waals surface area contributed by atoms with Gasteiger partial charge in [-0.1, -0.05) is 13.3 Å². The van der Waals surface area contributed by atoms with Crippen molar-refractivity contribution in [2.45, 2.75) is 46.0 Å². The van der Waals surface area contributed by atoms with E-state index in [-0.39, 0.29) is 6.29 Å². The number of hydrogen-bond acceptors (Lipinski definition) is 3. The van der Waals surface area contributed by atoms with Crippen LogP contribution >= 0.6 is 0 Å². The Labute approximate surface area is 74.7 Å². The summed E-state index contributed by atoms with van der Waals surface area (Å²) < 4.78 is 10.5. The molecule has 0 spiro atoms. The van der Waals surface area contributed by atoms with E-state index in [2.05, 4.69) is 6.92 Å². The summed E-state index contributed by atoms with van der Waals surface area (Å²) in [6, 6.07) is 0. The first-order valence-electron chi connectivity index (χ1n) is 4.58. The molecule has 0 aromatic heterocycles. The molecule has 0 aliphatic rings. The molecule has 0 heterocycles. The zero-order valence-electron chi connectivity index (χ0n) is 8.25. The van der Waals surface area contributed by atoms with E-state index < -0.39 is 6.10 Å². The predicted molar refractivity (Wildman–Crippen MR) is 48.0 cm³/mol. The van der Waals surface area contributed by atoms with Gasteiger partial charge in [0.1, 0.15) is 0 Å². The lowest BCUT2D eigenvalue weighted by Gasteiger charge is -2.14. The van der Waals surface area contributed by atoms with Crippen LogP contribution in [0.4, 0.5) is 0 Å². The molecule has 0 aliphatic carbocycles. The minimum atomic E-state index is -0.415.